The molecule has 3 nitrogen and oxygen atoms in total. The molecule has 0 aliphatic heterocycles. The zero-order chi connectivity index (χ0) is 16.9. The van der Waals surface area contributed by atoms with Gasteiger partial charge in [-0.05, 0) is 48.0 Å². The second kappa shape index (κ2) is 6.96. The average molecular weight is 321 g/mol. The lowest BCUT2D eigenvalue weighted by Gasteiger charge is -2.11. The van der Waals surface area contributed by atoms with E-state index in [-0.39, 0.29) is 11.7 Å². The highest BCUT2D eigenvalue weighted by atomic mass is 19.1. The highest BCUT2D eigenvalue weighted by Crippen LogP contribution is 2.30. The first-order valence-electron chi connectivity index (χ1n) is 7.48. The minimum atomic E-state index is -0.345. The second-order valence-corrected chi connectivity index (χ2v) is 5.24. The molecular formula is C20H16FNO2. The van der Waals surface area contributed by atoms with Gasteiger partial charge in [0.15, 0.2) is 0 Å². The third kappa shape index (κ3) is 3.43. The van der Waals surface area contributed by atoms with Crippen molar-refractivity contribution < 1.29 is 13.9 Å². The standard InChI is InChI=1S/C20H16FNO2/c1-24-19-13-15(7-12-18(19)14-5-3-2-4-6-14)20(23)22-17-10-8-16(21)9-11-17/h2-13H,1H3,(H,22,23). The van der Waals surface area contributed by atoms with E-state index in [0.29, 0.717) is 17.0 Å². The molecule has 0 bridgehead atoms. The molecule has 0 radical (unpaired) electrons. The Morgan fingerprint density at radius 2 is 1.67 bits per heavy atom. The lowest BCUT2D eigenvalue weighted by atomic mass is 10.0. The van der Waals surface area contributed by atoms with Gasteiger partial charge in [0.05, 0.1) is 7.11 Å². The summed E-state index contributed by atoms with van der Waals surface area (Å²) < 4.78 is 18.3. The molecule has 0 saturated heterocycles. The van der Waals surface area contributed by atoms with Crippen LogP contribution >= 0.6 is 0 Å². The van der Waals surface area contributed by atoms with Gasteiger partial charge in [-0.3, -0.25) is 4.79 Å². The van der Waals surface area contributed by atoms with Crippen LogP contribution < -0.4 is 10.1 Å². The monoisotopic (exact) mass is 321 g/mol. The third-order valence-electron chi connectivity index (χ3n) is 3.65. The first-order valence-corrected chi connectivity index (χ1v) is 7.48. The number of ether oxygens (including phenoxy) is 1. The normalized spacial score (nSPS) is 10.2. The van der Waals surface area contributed by atoms with Crippen LogP contribution in [-0.2, 0) is 0 Å². The predicted octanol–water partition coefficient (Wildman–Crippen LogP) is 4.75. The molecule has 0 spiro atoms. The minimum absolute atomic E-state index is 0.278. The number of carbonyl (C=O) groups excluding carboxylic acids is 1. The Labute approximate surface area is 139 Å². The van der Waals surface area contributed by atoms with E-state index in [4.69, 9.17) is 4.74 Å². The predicted molar refractivity (Wildman–Crippen MR) is 92.8 cm³/mol. The van der Waals surface area contributed by atoms with Crippen molar-refractivity contribution in [3.8, 4) is 16.9 Å². The van der Waals surface area contributed by atoms with Crippen molar-refractivity contribution in [1.82, 2.24) is 0 Å². The van der Waals surface area contributed by atoms with Gasteiger partial charge >= 0.3 is 0 Å². The van der Waals surface area contributed by atoms with Crippen molar-refractivity contribution in [2.24, 2.45) is 0 Å². The van der Waals surface area contributed by atoms with Gasteiger partial charge in [-0.2, -0.15) is 0 Å². The maximum absolute atomic E-state index is 12.9. The molecule has 1 N–H and O–H groups in total. The minimum Gasteiger partial charge on any atom is -0.496 e. The first kappa shape index (κ1) is 15.7. The van der Waals surface area contributed by atoms with Gasteiger partial charge < -0.3 is 10.1 Å². The van der Waals surface area contributed by atoms with Gasteiger partial charge in [-0.25, -0.2) is 4.39 Å². The van der Waals surface area contributed by atoms with Crippen LogP contribution in [0.15, 0.2) is 72.8 Å². The van der Waals surface area contributed by atoms with Crippen molar-refractivity contribution in [1.29, 1.82) is 0 Å². The van der Waals surface area contributed by atoms with Crippen molar-refractivity contribution in [2.75, 3.05) is 12.4 Å². The fourth-order valence-electron chi connectivity index (χ4n) is 2.43. The maximum Gasteiger partial charge on any atom is 0.255 e. The van der Waals surface area contributed by atoms with Gasteiger partial charge in [0.25, 0.3) is 5.91 Å². The molecule has 3 aromatic rings. The zero-order valence-electron chi connectivity index (χ0n) is 13.1. The van der Waals surface area contributed by atoms with Crippen LogP contribution in [0.2, 0.25) is 0 Å². The number of carbonyl (C=O) groups is 1. The molecule has 0 aliphatic rings. The summed E-state index contributed by atoms with van der Waals surface area (Å²) in [6.45, 7) is 0. The SMILES string of the molecule is COc1cc(C(=O)Nc2ccc(F)cc2)ccc1-c1ccccc1. The van der Waals surface area contributed by atoms with Gasteiger partial charge in [-0.1, -0.05) is 30.3 Å². The molecule has 120 valence electrons. The molecule has 24 heavy (non-hydrogen) atoms. The Bertz CT molecular complexity index is 845. The van der Waals surface area contributed by atoms with E-state index in [1.807, 2.05) is 36.4 Å². The van der Waals surface area contributed by atoms with E-state index in [1.165, 1.54) is 24.3 Å². The molecule has 0 unspecified atom stereocenters. The highest BCUT2D eigenvalue weighted by Gasteiger charge is 2.12. The van der Waals surface area contributed by atoms with Crippen LogP contribution in [-0.4, -0.2) is 13.0 Å². The third-order valence-corrected chi connectivity index (χ3v) is 3.65. The number of halogens is 1. The van der Waals surface area contributed by atoms with Gasteiger partial charge in [-0.15, -0.1) is 0 Å². The van der Waals surface area contributed by atoms with E-state index in [9.17, 15) is 9.18 Å². The Morgan fingerprint density at radius 3 is 2.33 bits per heavy atom. The number of nitrogens with one attached hydrogen (secondary N) is 1. The highest BCUT2D eigenvalue weighted by molar-refractivity contribution is 6.05. The molecule has 0 aromatic heterocycles. The summed E-state index contributed by atoms with van der Waals surface area (Å²) in [7, 11) is 1.57. The topological polar surface area (TPSA) is 38.3 Å². The number of methoxy groups -OCH3 is 1. The quantitative estimate of drug-likeness (QED) is 0.753. The van der Waals surface area contributed by atoms with Gasteiger partial charge in [0, 0.05) is 16.8 Å². The van der Waals surface area contributed by atoms with E-state index in [2.05, 4.69) is 5.32 Å². The zero-order valence-corrected chi connectivity index (χ0v) is 13.1. The average Bonchev–Trinajstić information content (AvgIpc) is 2.63. The lowest BCUT2D eigenvalue weighted by molar-refractivity contribution is 0.102. The van der Waals surface area contributed by atoms with E-state index in [0.717, 1.165) is 11.1 Å². The summed E-state index contributed by atoms with van der Waals surface area (Å²) in [6.07, 6.45) is 0. The Hall–Kier alpha value is -3.14. The second-order valence-electron chi connectivity index (χ2n) is 5.24. The van der Waals surface area contributed by atoms with Crippen molar-refractivity contribution in [3.63, 3.8) is 0 Å². The summed E-state index contributed by atoms with van der Waals surface area (Å²) in [6, 6.07) is 20.7. The molecule has 0 saturated carbocycles. The summed E-state index contributed by atoms with van der Waals surface area (Å²) in [5.74, 6) is -0.00522. The smallest absolute Gasteiger partial charge is 0.255 e. The van der Waals surface area contributed by atoms with Gasteiger partial charge in [0.1, 0.15) is 11.6 Å². The van der Waals surface area contributed by atoms with Crippen molar-refractivity contribution in [3.05, 3.63) is 84.2 Å². The number of hydrogen-bond acceptors (Lipinski definition) is 2. The molecule has 0 heterocycles. The van der Waals surface area contributed by atoms with Gasteiger partial charge in [0.2, 0.25) is 0 Å². The molecular weight excluding hydrogens is 305 g/mol. The fraction of sp³-hybridized carbons (Fsp3) is 0.0500. The molecule has 0 fully saturated rings. The Balaban J connectivity index is 1.86. The number of benzene rings is 3. The first-order chi connectivity index (χ1) is 11.7. The maximum atomic E-state index is 12.9. The summed E-state index contributed by atoms with van der Waals surface area (Å²) in [4.78, 5) is 12.4. The lowest BCUT2D eigenvalue weighted by Crippen LogP contribution is -2.12. The van der Waals surface area contributed by atoms with E-state index in [1.54, 1.807) is 19.2 Å². The summed E-state index contributed by atoms with van der Waals surface area (Å²) in [5, 5.41) is 2.73. The van der Waals surface area contributed by atoms with E-state index < -0.39 is 0 Å². The number of amides is 1. The summed E-state index contributed by atoms with van der Waals surface area (Å²) >= 11 is 0. The Morgan fingerprint density at radius 1 is 0.958 bits per heavy atom. The number of anilines is 1. The van der Waals surface area contributed by atoms with Crippen LogP contribution in [0.25, 0.3) is 11.1 Å². The molecule has 1 amide bonds. The van der Waals surface area contributed by atoms with Crippen LogP contribution in [0.5, 0.6) is 5.75 Å². The largest absolute Gasteiger partial charge is 0.496 e. The molecule has 0 aliphatic carbocycles. The van der Waals surface area contributed by atoms with Crippen LogP contribution in [0, 0.1) is 5.82 Å². The Kier molecular flexibility index (Phi) is 4.57. The van der Waals surface area contributed by atoms with Crippen LogP contribution in [0.4, 0.5) is 10.1 Å². The van der Waals surface area contributed by atoms with Crippen LogP contribution in [0.3, 0.4) is 0 Å². The van der Waals surface area contributed by atoms with Crippen molar-refractivity contribution >= 4 is 11.6 Å². The number of hydrogen-bond donors (Lipinski definition) is 1. The molecule has 3 aromatic carbocycles. The molecule has 4 heteroatoms. The fourth-order valence-corrected chi connectivity index (χ4v) is 2.43. The number of rotatable bonds is 4. The van der Waals surface area contributed by atoms with E-state index >= 15 is 0 Å². The summed E-state index contributed by atoms with van der Waals surface area (Å²) in [5.41, 5.74) is 2.93. The van der Waals surface area contributed by atoms with Crippen molar-refractivity contribution in [2.45, 2.75) is 0 Å². The van der Waals surface area contributed by atoms with Crippen LogP contribution in [0.1, 0.15) is 10.4 Å². The molecule has 3 rings (SSSR count). The molecule has 0 atom stereocenters.